The first-order chi connectivity index (χ1) is 12.8. The van der Waals surface area contributed by atoms with Crippen molar-refractivity contribution in [2.24, 2.45) is 0 Å². The van der Waals surface area contributed by atoms with E-state index in [0.717, 1.165) is 11.1 Å². The summed E-state index contributed by atoms with van der Waals surface area (Å²) < 4.78 is 4.70. The van der Waals surface area contributed by atoms with Gasteiger partial charge >= 0.3 is 5.97 Å². The molecule has 142 valence electrons. The standard InChI is InChI=1S/C20H21ClN2O4/c1-12-4-5-15(20(26)27-3)10-17(12)23-19(25)11-18(22-13(2)24)14-6-8-16(21)9-7-14/h4-10,18H,11H2,1-3H3,(H,22,24)(H,23,25). The van der Waals surface area contributed by atoms with E-state index >= 15 is 0 Å². The molecule has 0 radical (unpaired) electrons. The molecular formula is C20H21ClN2O4. The molecule has 1 unspecified atom stereocenters. The van der Waals surface area contributed by atoms with E-state index in [1.165, 1.54) is 14.0 Å². The molecule has 0 saturated heterocycles. The Morgan fingerprint density at radius 3 is 2.37 bits per heavy atom. The van der Waals surface area contributed by atoms with Gasteiger partial charge in [0, 0.05) is 17.6 Å². The number of hydrogen-bond acceptors (Lipinski definition) is 4. The van der Waals surface area contributed by atoms with Crippen molar-refractivity contribution in [3.8, 4) is 0 Å². The van der Waals surface area contributed by atoms with Crippen LogP contribution in [0, 0.1) is 6.92 Å². The van der Waals surface area contributed by atoms with Crippen LogP contribution in [-0.4, -0.2) is 24.9 Å². The maximum atomic E-state index is 12.5. The first kappa shape index (κ1) is 20.5. The number of anilines is 1. The number of methoxy groups -OCH3 is 1. The molecule has 0 aliphatic heterocycles. The van der Waals surface area contributed by atoms with Gasteiger partial charge in [0.15, 0.2) is 0 Å². The second kappa shape index (κ2) is 9.19. The quantitative estimate of drug-likeness (QED) is 0.740. The molecule has 7 heteroatoms. The molecule has 0 heterocycles. The van der Waals surface area contributed by atoms with E-state index in [9.17, 15) is 14.4 Å². The number of esters is 1. The molecule has 2 amide bonds. The SMILES string of the molecule is COC(=O)c1ccc(C)c(NC(=O)CC(NC(C)=O)c2ccc(Cl)cc2)c1. The van der Waals surface area contributed by atoms with Crippen LogP contribution in [0.25, 0.3) is 0 Å². The zero-order valence-electron chi connectivity index (χ0n) is 15.3. The normalized spacial score (nSPS) is 11.4. The molecule has 6 nitrogen and oxygen atoms in total. The Bertz CT molecular complexity index is 850. The largest absolute Gasteiger partial charge is 0.465 e. The number of carbonyl (C=O) groups excluding carboxylic acids is 3. The number of carbonyl (C=O) groups is 3. The summed E-state index contributed by atoms with van der Waals surface area (Å²) in [5.41, 5.74) is 2.43. The van der Waals surface area contributed by atoms with E-state index in [-0.39, 0.29) is 18.2 Å². The van der Waals surface area contributed by atoms with Crippen molar-refractivity contribution < 1.29 is 19.1 Å². The molecule has 0 saturated carbocycles. The highest BCUT2D eigenvalue weighted by Crippen LogP contribution is 2.22. The van der Waals surface area contributed by atoms with Gasteiger partial charge in [-0.15, -0.1) is 0 Å². The van der Waals surface area contributed by atoms with Gasteiger partial charge in [-0.2, -0.15) is 0 Å². The van der Waals surface area contributed by atoms with Crippen LogP contribution in [0.5, 0.6) is 0 Å². The smallest absolute Gasteiger partial charge is 0.337 e. The zero-order chi connectivity index (χ0) is 20.0. The van der Waals surface area contributed by atoms with Gasteiger partial charge in [0.1, 0.15) is 0 Å². The van der Waals surface area contributed by atoms with Crippen LogP contribution >= 0.6 is 11.6 Å². The van der Waals surface area contributed by atoms with Crippen molar-refractivity contribution >= 4 is 35.1 Å². The highest BCUT2D eigenvalue weighted by Gasteiger charge is 2.18. The van der Waals surface area contributed by atoms with Gasteiger partial charge in [-0.1, -0.05) is 29.8 Å². The zero-order valence-corrected chi connectivity index (χ0v) is 16.1. The number of amides is 2. The Hall–Kier alpha value is -2.86. The van der Waals surface area contributed by atoms with Crippen LogP contribution in [0.4, 0.5) is 5.69 Å². The van der Waals surface area contributed by atoms with Crippen LogP contribution in [0.3, 0.4) is 0 Å². The Labute approximate surface area is 162 Å². The monoisotopic (exact) mass is 388 g/mol. The first-order valence-electron chi connectivity index (χ1n) is 8.31. The number of ether oxygens (including phenoxy) is 1. The van der Waals surface area contributed by atoms with E-state index in [1.54, 1.807) is 42.5 Å². The number of hydrogen-bond donors (Lipinski definition) is 2. The minimum Gasteiger partial charge on any atom is -0.465 e. The van der Waals surface area contributed by atoms with Crippen LogP contribution in [0.1, 0.15) is 40.9 Å². The van der Waals surface area contributed by atoms with Crippen molar-refractivity contribution in [2.75, 3.05) is 12.4 Å². The lowest BCUT2D eigenvalue weighted by Crippen LogP contribution is -2.29. The molecule has 0 aliphatic rings. The fourth-order valence-electron chi connectivity index (χ4n) is 2.58. The Kier molecular flexibility index (Phi) is 6.96. The molecule has 0 aromatic heterocycles. The number of nitrogens with one attached hydrogen (secondary N) is 2. The second-order valence-corrected chi connectivity index (χ2v) is 6.51. The predicted octanol–water partition coefficient (Wildman–Crippen LogP) is 3.64. The second-order valence-electron chi connectivity index (χ2n) is 6.08. The van der Waals surface area contributed by atoms with E-state index in [2.05, 4.69) is 10.6 Å². The molecule has 0 spiro atoms. The van der Waals surface area contributed by atoms with Crippen LogP contribution in [0.2, 0.25) is 5.02 Å². The fourth-order valence-corrected chi connectivity index (χ4v) is 2.71. The number of halogens is 1. The molecule has 2 N–H and O–H groups in total. The Morgan fingerprint density at radius 2 is 1.78 bits per heavy atom. The summed E-state index contributed by atoms with van der Waals surface area (Å²) in [6.45, 7) is 3.21. The first-order valence-corrected chi connectivity index (χ1v) is 8.69. The highest BCUT2D eigenvalue weighted by molar-refractivity contribution is 6.30. The topological polar surface area (TPSA) is 84.5 Å². The van der Waals surface area contributed by atoms with E-state index in [4.69, 9.17) is 16.3 Å². The van der Waals surface area contributed by atoms with Crippen LogP contribution in [0.15, 0.2) is 42.5 Å². The summed E-state index contributed by atoms with van der Waals surface area (Å²) in [7, 11) is 1.30. The number of aryl methyl sites for hydroxylation is 1. The third-order valence-corrected chi connectivity index (χ3v) is 4.22. The fraction of sp³-hybridized carbons (Fsp3) is 0.250. The summed E-state index contributed by atoms with van der Waals surface area (Å²) in [5, 5.41) is 6.13. The molecular weight excluding hydrogens is 368 g/mol. The van der Waals surface area contributed by atoms with Crippen molar-refractivity contribution in [3.05, 3.63) is 64.2 Å². The molecule has 27 heavy (non-hydrogen) atoms. The van der Waals surface area contributed by atoms with Gasteiger partial charge in [0.25, 0.3) is 0 Å². The van der Waals surface area contributed by atoms with Gasteiger partial charge in [0.05, 0.1) is 25.1 Å². The third-order valence-electron chi connectivity index (χ3n) is 3.97. The molecule has 0 aliphatic carbocycles. The van der Waals surface area contributed by atoms with Crippen LogP contribution < -0.4 is 10.6 Å². The van der Waals surface area contributed by atoms with Crippen LogP contribution in [-0.2, 0) is 14.3 Å². The Balaban J connectivity index is 2.17. The van der Waals surface area contributed by atoms with Gasteiger partial charge < -0.3 is 15.4 Å². The summed E-state index contributed by atoms with van der Waals surface area (Å²) in [6.07, 6.45) is 0.0309. The van der Waals surface area contributed by atoms with E-state index in [0.29, 0.717) is 16.3 Å². The summed E-state index contributed by atoms with van der Waals surface area (Å²) in [6, 6.07) is 11.4. The minimum atomic E-state index is -0.496. The lowest BCUT2D eigenvalue weighted by Gasteiger charge is -2.19. The van der Waals surface area contributed by atoms with Gasteiger partial charge in [0.2, 0.25) is 11.8 Å². The number of benzene rings is 2. The predicted molar refractivity (Wildman–Crippen MR) is 104 cm³/mol. The Morgan fingerprint density at radius 1 is 1.11 bits per heavy atom. The molecule has 0 bridgehead atoms. The minimum absolute atomic E-state index is 0.0309. The third kappa shape index (κ3) is 5.82. The maximum Gasteiger partial charge on any atom is 0.337 e. The maximum absolute atomic E-state index is 12.5. The van der Waals surface area contributed by atoms with Crippen molar-refractivity contribution in [3.63, 3.8) is 0 Å². The number of rotatable bonds is 6. The molecule has 2 aromatic carbocycles. The summed E-state index contributed by atoms with van der Waals surface area (Å²) >= 11 is 5.90. The summed E-state index contributed by atoms with van der Waals surface area (Å²) in [5.74, 6) is -1.02. The van der Waals surface area contributed by atoms with Gasteiger partial charge in [-0.3, -0.25) is 9.59 Å². The van der Waals surface area contributed by atoms with Gasteiger partial charge in [-0.05, 0) is 42.3 Å². The van der Waals surface area contributed by atoms with Gasteiger partial charge in [-0.25, -0.2) is 4.79 Å². The average molecular weight is 389 g/mol. The van der Waals surface area contributed by atoms with Crippen molar-refractivity contribution in [1.82, 2.24) is 5.32 Å². The van der Waals surface area contributed by atoms with E-state index < -0.39 is 12.0 Å². The molecule has 0 fully saturated rings. The molecule has 1 atom stereocenters. The van der Waals surface area contributed by atoms with Crippen molar-refractivity contribution in [1.29, 1.82) is 0 Å². The van der Waals surface area contributed by atoms with E-state index in [1.807, 2.05) is 6.92 Å². The molecule has 2 aromatic rings. The highest BCUT2D eigenvalue weighted by atomic mass is 35.5. The summed E-state index contributed by atoms with van der Waals surface area (Å²) in [4.78, 5) is 35.7. The average Bonchev–Trinajstić information content (AvgIpc) is 2.62. The lowest BCUT2D eigenvalue weighted by atomic mass is 10.0. The van der Waals surface area contributed by atoms with Crippen molar-refractivity contribution in [2.45, 2.75) is 26.3 Å². The molecule has 2 rings (SSSR count). The lowest BCUT2D eigenvalue weighted by molar-refractivity contribution is -0.120.